The largest absolute Gasteiger partial charge is 0.388 e. The van der Waals surface area contributed by atoms with E-state index in [4.69, 9.17) is 0 Å². The summed E-state index contributed by atoms with van der Waals surface area (Å²) in [5, 5.41) is 3.16. The molecule has 0 radical (unpaired) electrons. The SMILES string of the molecule is CNc1ccc(C2CCC(C)CC2)cc1. The molecule has 0 aliphatic heterocycles. The van der Waals surface area contributed by atoms with Crippen molar-refractivity contribution in [3.05, 3.63) is 29.8 Å². The summed E-state index contributed by atoms with van der Waals surface area (Å²) in [5.74, 6) is 1.75. The molecule has 0 spiro atoms. The standard InChI is InChI=1S/C14H21N/c1-11-3-5-12(6-4-11)13-7-9-14(15-2)10-8-13/h7-12,15H,3-6H2,1-2H3. The van der Waals surface area contributed by atoms with Crippen LogP contribution in [0.2, 0.25) is 0 Å². The minimum Gasteiger partial charge on any atom is -0.388 e. The van der Waals surface area contributed by atoms with Crippen molar-refractivity contribution in [1.82, 2.24) is 0 Å². The second kappa shape index (κ2) is 4.69. The first-order valence-corrected chi connectivity index (χ1v) is 6.07. The summed E-state index contributed by atoms with van der Waals surface area (Å²) in [6.45, 7) is 2.38. The molecule has 0 amide bonds. The van der Waals surface area contributed by atoms with Crippen LogP contribution < -0.4 is 5.32 Å². The van der Waals surface area contributed by atoms with Crippen molar-refractivity contribution >= 4 is 5.69 Å². The van der Waals surface area contributed by atoms with Gasteiger partial charge in [0.1, 0.15) is 0 Å². The Hall–Kier alpha value is -0.980. The van der Waals surface area contributed by atoms with Gasteiger partial charge >= 0.3 is 0 Å². The normalized spacial score (nSPS) is 26.3. The number of nitrogens with one attached hydrogen (secondary N) is 1. The lowest BCUT2D eigenvalue weighted by Gasteiger charge is -2.26. The lowest BCUT2D eigenvalue weighted by molar-refractivity contribution is 0.348. The molecule has 1 heteroatoms. The topological polar surface area (TPSA) is 12.0 Å². The molecule has 1 fully saturated rings. The Kier molecular flexibility index (Phi) is 3.30. The highest BCUT2D eigenvalue weighted by Crippen LogP contribution is 2.35. The molecule has 0 unspecified atom stereocenters. The third-order valence-electron chi connectivity index (χ3n) is 3.69. The molecule has 0 heterocycles. The van der Waals surface area contributed by atoms with Crippen LogP contribution in [-0.2, 0) is 0 Å². The summed E-state index contributed by atoms with van der Waals surface area (Å²) in [6.07, 6.45) is 5.55. The van der Waals surface area contributed by atoms with Crippen LogP contribution in [0.5, 0.6) is 0 Å². The molecule has 0 saturated heterocycles. The van der Waals surface area contributed by atoms with Gasteiger partial charge in [-0.25, -0.2) is 0 Å². The van der Waals surface area contributed by atoms with E-state index in [1.807, 2.05) is 7.05 Å². The third kappa shape index (κ3) is 2.53. The first kappa shape index (κ1) is 10.5. The van der Waals surface area contributed by atoms with E-state index < -0.39 is 0 Å². The maximum absolute atomic E-state index is 3.16. The van der Waals surface area contributed by atoms with E-state index in [9.17, 15) is 0 Å². The predicted molar refractivity (Wildman–Crippen MR) is 66.4 cm³/mol. The average Bonchev–Trinajstić information content (AvgIpc) is 2.30. The maximum atomic E-state index is 3.16. The second-order valence-electron chi connectivity index (χ2n) is 4.83. The fourth-order valence-electron chi connectivity index (χ4n) is 2.52. The molecule has 1 saturated carbocycles. The molecular weight excluding hydrogens is 182 g/mol. The van der Waals surface area contributed by atoms with Gasteiger partial charge in [0, 0.05) is 12.7 Å². The summed E-state index contributed by atoms with van der Waals surface area (Å²) >= 11 is 0. The average molecular weight is 203 g/mol. The van der Waals surface area contributed by atoms with Crippen molar-refractivity contribution < 1.29 is 0 Å². The summed E-state index contributed by atoms with van der Waals surface area (Å²) in [5.41, 5.74) is 2.74. The van der Waals surface area contributed by atoms with Gasteiger partial charge in [0.15, 0.2) is 0 Å². The van der Waals surface area contributed by atoms with Crippen molar-refractivity contribution in [1.29, 1.82) is 0 Å². The molecule has 0 atom stereocenters. The molecule has 1 aliphatic carbocycles. The van der Waals surface area contributed by atoms with Crippen molar-refractivity contribution in [2.24, 2.45) is 5.92 Å². The molecule has 0 aromatic heterocycles. The van der Waals surface area contributed by atoms with Crippen LogP contribution in [0.15, 0.2) is 24.3 Å². The van der Waals surface area contributed by atoms with Gasteiger partial charge in [0.05, 0.1) is 0 Å². The lowest BCUT2D eigenvalue weighted by atomic mass is 9.79. The van der Waals surface area contributed by atoms with E-state index in [1.165, 1.54) is 36.9 Å². The molecule has 1 aliphatic rings. The Balaban J connectivity index is 2.03. The molecule has 82 valence electrons. The van der Waals surface area contributed by atoms with Crippen LogP contribution in [0.25, 0.3) is 0 Å². The number of anilines is 1. The van der Waals surface area contributed by atoms with Crippen LogP contribution in [0.1, 0.15) is 44.1 Å². The third-order valence-corrected chi connectivity index (χ3v) is 3.69. The van der Waals surface area contributed by atoms with Gasteiger partial charge in [0.25, 0.3) is 0 Å². The number of rotatable bonds is 2. The molecule has 1 N–H and O–H groups in total. The Morgan fingerprint density at radius 2 is 1.60 bits per heavy atom. The molecule has 2 rings (SSSR count). The van der Waals surface area contributed by atoms with Gasteiger partial charge in [-0.05, 0) is 42.4 Å². The van der Waals surface area contributed by atoms with E-state index in [-0.39, 0.29) is 0 Å². The lowest BCUT2D eigenvalue weighted by Crippen LogP contribution is -2.10. The van der Waals surface area contributed by atoms with Crippen LogP contribution in [0.3, 0.4) is 0 Å². The summed E-state index contributed by atoms with van der Waals surface area (Å²) in [6, 6.07) is 8.94. The Labute approximate surface area is 92.9 Å². The second-order valence-corrected chi connectivity index (χ2v) is 4.83. The highest BCUT2D eigenvalue weighted by atomic mass is 14.8. The van der Waals surface area contributed by atoms with Crippen LogP contribution in [0.4, 0.5) is 5.69 Å². The van der Waals surface area contributed by atoms with Gasteiger partial charge in [-0.3, -0.25) is 0 Å². The predicted octanol–water partition coefficient (Wildman–Crippen LogP) is 4.02. The zero-order valence-electron chi connectivity index (χ0n) is 9.79. The van der Waals surface area contributed by atoms with Gasteiger partial charge in [-0.2, -0.15) is 0 Å². The van der Waals surface area contributed by atoms with Gasteiger partial charge in [0.2, 0.25) is 0 Å². The zero-order chi connectivity index (χ0) is 10.7. The summed E-state index contributed by atoms with van der Waals surface area (Å²) in [4.78, 5) is 0. The molecule has 0 bridgehead atoms. The van der Waals surface area contributed by atoms with Gasteiger partial charge < -0.3 is 5.32 Å². The monoisotopic (exact) mass is 203 g/mol. The minimum atomic E-state index is 0.812. The Morgan fingerprint density at radius 1 is 1.00 bits per heavy atom. The first-order valence-electron chi connectivity index (χ1n) is 6.07. The van der Waals surface area contributed by atoms with Crippen molar-refractivity contribution in [3.8, 4) is 0 Å². The number of benzene rings is 1. The summed E-state index contributed by atoms with van der Waals surface area (Å²) < 4.78 is 0. The highest BCUT2D eigenvalue weighted by Gasteiger charge is 2.19. The zero-order valence-corrected chi connectivity index (χ0v) is 9.79. The van der Waals surface area contributed by atoms with Crippen molar-refractivity contribution in [2.45, 2.75) is 38.5 Å². The molecule has 1 aromatic carbocycles. The highest BCUT2D eigenvalue weighted by molar-refractivity contribution is 5.44. The van der Waals surface area contributed by atoms with E-state index >= 15 is 0 Å². The molecule has 1 nitrogen and oxygen atoms in total. The minimum absolute atomic E-state index is 0.812. The Bertz CT molecular complexity index is 294. The van der Waals surface area contributed by atoms with E-state index in [2.05, 4.69) is 36.5 Å². The van der Waals surface area contributed by atoms with Gasteiger partial charge in [-0.15, -0.1) is 0 Å². The summed E-state index contributed by atoms with van der Waals surface area (Å²) in [7, 11) is 1.97. The Morgan fingerprint density at radius 3 is 2.13 bits per heavy atom. The first-order chi connectivity index (χ1) is 7.29. The smallest absolute Gasteiger partial charge is 0.0337 e. The maximum Gasteiger partial charge on any atom is 0.0337 e. The molecule has 15 heavy (non-hydrogen) atoms. The fourth-order valence-corrected chi connectivity index (χ4v) is 2.52. The van der Waals surface area contributed by atoms with Crippen LogP contribution in [-0.4, -0.2) is 7.05 Å². The quantitative estimate of drug-likeness (QED) is 0.765. The fraction of sp³-hybridized carbons (Fsp3) is 0.571. The van der Waals surface area contributed by atoms with Crippen LogP contribution >= 0.6 is 0 Å². The molecular formula is C14H21N. The van der Waals surface area contributed by atoms with Gasteiger partial charge in [-0.1, -0.05) is 31.9 Å². The van der Waals surface area contributed by atoms with Crippen molar-refractivity contribution in [2.75, 3.05) is 12.4 Å². The van der Waals surface area contributed by atoms with Crippen LogP contribution in [0, 0.1) is 5.92 Å². The molecule has 1 aromatic rings. The van der Waals surface area contributed by atoms with E-state index in [0.717, 1.165) is 11.8 Å². The number of hydrogen-bond acceptors (Lipinski definition) is 1. The van der Waals surface area contributed by atoms with E-state index in [1.54, 1.807) is 0 Å². The van der Waals surface area contributed by atoms with E-state index in [0.29, 0.717) is 0 Å². The number of hydrogen-bond donors (Lipinski definition) is 1. The van der Waals surface area contributed by atoms with Crippen molar-refractivity contribution in [3.63, 3.8) is 0 Å².